The number of furan rings is 1. The molecule has 0 aromatic carbocycles. The topological polar surface area (TPSA) is 42.4 Å². The fourth-order valence-electron chi connectivity index (χ4n) is 2.44. The molecule has 15 heavy (non-hydrogen) atoms. The normalized spacial score (nSPS) is 28.2. The van der Waals surface area contributed by atoms with Crippen molar-refractivity contribution in [2.75, 3.05) is 20.1 Å². The van der Waals surface area contributed by atoms with Crippen LogP contribution in [0.5, 0.6) is 0 Å². The summed E-state index contributed by atoms with van der Waals surface area (Å²) in [6.07, 6.45) is 2.43. The van der Waals surface area contributed by atoms with E-state index >= 15 is 0 Å². The highest BCUT2D eigenvalue weighted by atomic mass is 79.9. The highest BCUT2D eigenvalue weighted by Gasteiger charge is 2.31. The highest BCUT2D eigenvalue weighted by Crippen LogP contribution is 2.35. The van der Waals surface area contributed by atoms with E-state index in [0.717, 1.165) is 23.5 Å². The summed E-state index contributed by atoms with van der Waals surface area (Å²) in [7, 11) is 2.14. The zero-order valence-electron chi connectivity index (χ0n) is 8.95. The highest BCUT2D eigenvalue weighted by molar-refractivity contribution is 9.10. The van der Waals surface area contributed by atoms with Crippen LogP contribution in [0, 0.1) is 5.92 Å². The molecular formula is C11H17BrN2O. The zero-order valence-corrected chi connectivity index (χ0v) is 10.5. The Balaban J connectivity index is 2.22. The van der Waals surface area contributed by atoms with Gasteiger partial charge in [-0.25, -0.2) is 0 Å². The molecule has 1 aliphatic rings. The number of piperidine rings is 1. The largest absolute Gasteiger partial charge is 0.453 e. The summed E-state index contributed by atoms with van der Waals surface area (Å²) in [5.41, 5.74) is 5.82. The lowest BCUT2D eigenvalue weighted by molar-refractivity contribution is 0.105. The Bertz CT molecular complexity index is 326. The standard InChI is InChI=1S/C11H17BrN2O/c1-14-6-2-3-8(7-13)11(14)9-4-5-10(12)15-9/h4-5,8,11H,2-3,6-7,13H2,1H3. The molecule has 1 aliphatic heterocycles. The van der Waals surface area contributed by atoms with Gasteiger partial charge in [-0.1, -0.05) is 0 Å². The average Bonchev–Trinajstić information content (AvgIpc) is 2.64. The van der Waals surface area contributed by atoms with Gasteiger partial charge in [0.15, 0.2) is 4.67 Å². The van der Waals surface area contributed by atoms with Crippen molar-refractivity contribution in [2.24, 2.45) is 11.7 Å². The maximum Gasteiger partial charge on any atom is 0.169 e. The molecule has 0 spiro atoms. The first-order chi connectivity index (χ1) is 7.22. The van der Waals surface area contributed by atoms with Crippen LogP contribution in [0.4, 0.5) is 0 Å². The van der Waals surface area contributed by atoms with E-state index in [9.17, 15) is 0 Å². The van der Waals surface area contributed by atoms with E-state index in [1.54, 1.807) is 0 Å². The van der Waals surface area contributed by atoms with Gasteiger partial charge in [0.2, 0.25) is 0 Å². The molecule has 3 nitrogen and oxygen atoms in total. The number of nitrogens with two attached hydrogens (primary N) is 1. The van der Waals surface area contributed by atoms with Crippen molar-refractivity contribution in [3.8, 4) is 0 Å². The first kappa shape index (κ1) is 11.2. The summed E-state index contributed by atoms with van der Waals surface area (Å²) in [5.74, 6) is 1.54. The lowest BCUT2D eigenvalue weighted by atomic mass is 9.88. The minimum Gasteiger partial charge on any atom is -0.453 e. The quantitative estimate of drug-likeness (QED) is 0.899. The van der Waals surface area contributed by atoms with Crippen LogP contribution in [0.2, 0.25) is 0 Å². The molecule has 2 heterocycles. The third kappa shape index (κ3) is 2.27. The molecule has 2 rings (SSSR count). The first-order valence-electron chi connectivity index (χ1n) is 5.38. The predicted molar refractivity (Wildman–Crippen MR) is 63.6 cm³/mol. The van der Waals surface area contributed by atoms with Crippen molar-refractivity contribution < 1.29 is 4.42 Å². The van der Waals surface area contributed by atoms with Crippen LogP contribution in [0.15, 0.2) is 21.2 Å². The third-order valence-corrected chi connectivity index (χ3v) is 3.62. The van der Waals surface area contributed by atoms with Crippen molar-refractivity contribution in [3.05, 3.63) is 22.6 Å². The average molecular weight is 273 g/mol. The monoisotopic (exact) mass is 272 g/mol. The molecule has 0 radical (unpaired) electrons. The molecule has 2 atom stereocenters. The number of hydrogen-bond donors (Lipinski definition) is 1. The number of halogens is 1. The van der Waals surface area contributed by atoms with Crippen molar-refractivity contribution in [3.63, 3.8) is 0 Å². The van der Waals surface area contributed by atoms with Gasteiger partial charge in [0.05, 0.1) is 6.04 Å². The van der Waals surface area contributed by atoms with Gasteiger partial charge in [-0.05, 0) is 67.0 Å². The van der Waals surface area contributed by atoms with E-state index < -0.39 is 0 Å². The van der Waals surface area contributed by atoms with Gasteiger partial charge in [0, 0.05) is 0 Å². The molecule has 1 fully saturated rings. The molecule has 0 amide bonds. The zero-order chi connectivity index (χ0) is 10.8. The third-order valence-electron chi connectivity index (χ3n) is 3.20. The Labute approximate surface area is 98.7 Å². The SMILES string of the molecule is CN1CCCC(CN)C1c1ccc(Br)o1. The van der Waals surface area contributed by atoms with Crippen LogP contribution in [-0.2, 0) is 0 Å². The first-order valence-corrected chi connectivity index (χ1v) is 6.17. The van der Waals surface area contributed by atoms with Gasteiger partial charge in [0.1, 0.15) is 5.76 Å². The lowest BCUT2D eigenvalue weighted by Gasteiger charge is -2.37. The Morgan fingerprint density at radius 1 is 1.60 bits per heavy atom. The van der Waals surface area contributed by atoms with Crippen LogP contribution in [-0.4, -0.2) is 25.0 Å². The van der Waals surface area contributed by atoms with Crippen LogP contribution in [0.1, 0.15) is 24.6 Å². The number of likely N-dealkylation sites (tertiary alicyclic amines) is 1. The van der Waals surface area contributed by atoms with E-state index in [0.29, 0.717) is 12.0 Å². The molecule has 84 valence electrons. The van der Waals surface area contributed by atoms with E-state index in [1.165, 1.54) is 12.8 Å². The smallest absolute Gasteiger partial charge is 0.169 e. The van der Waals surface area contributed by atoms with Crippen molar-refractivity contribution >= 4 is 15.9 Å². The Morgan fingerprint density at radius 3 is 3.00 bits per heavy atom. The predicted octanol–water partition coefficient (Wildman–Crippen LogP) is 2.38. The summed E-state index contributed by atoms with van der Waals surface area (Å²) in [4.78, 5) is 2.34. The van der Waals surface area contributed by atoms with Gasteiger partial charge in [-0.2, -0.15) is 0 Å². The summed E-state index contributed by atoms with van der Waals surface area (Å²) < 4.78 is 6.44. The van der Waals surface area contributed by atoms with Crippen molar-refractivity contribution in [1.29, 1.82) is 0 Å². The van der Waals surface area contributed by atoms with Gasteiger partial charge in [0.25, 0.3) is 0 Å². The Morgan fingerprint density at radius 2 is 2.40 bits per heavy atom. The summed E-state index contributed by atoms with van der Waals surface area (Å²) in [5, 5.41) is 0. The molecule has 2 unspecified atom stereocenters. The van der Waals surface area contributed by atoms with E-state index in [1.807, 2.05) is 12.1 Å². The molecule has 0 bridgehead atoms. The lowest BCUT2D eigenvalue weighted by Crippen LogP contribution is -2.39. The molecule has 0 saturated carbocycles. The maximum atomic E-state index is 5.82. The van der Waals surface area contributed by atoms with Crippen molar-refractivity contribution in [1.82, 2.24) is 4.90 Å². The maximum absolute atomic E-state index is 5.82. The van der Waals surface area contributed by atoms with Gasteiger partial charge < -0.3 is 10.2 Å². The molecule has 1 aromatic heterocycles. The number of hydrogen-bond acceptors (Lipinski definition) is 3. The van der Waals surface area contributed by atoms with Gasteiger partial charge in [-0.15, -0.1) is 0 Å². The number of rotatable bonds is 2. The molecule has 4 heteroatoms. The van der Waals surface area contributed by atoms with Crippen LogP contribution < -0.4 is 5.73 Å². The van der Waals surface area contributed by atoms with Crippen molar-refractivity contribution in [2.45, 2.75) is 18.9 Å². The summed E-state index contributed by atoms with van der Waals surface area (Å²) >= 11 is 3.34. The molecular weight excluding hydrogens is 256 g/mol. The second kappa shape index (κ2) is 4.68. The minimum atomic E-state index is 0.343. The fourth-order valence-corrected chi connectivity index (χ4v) is 2.76. The van der Waals surface area contributed by atoms with Crippen LogP contribution in [0.25, 0.3) is 0 Å². The molecule has 1 aromatic rings. The molecule has 1 saturated heterocycles. The molecule has 0 aliphatic carbocycles. The number of nitrogens with zero attached hydrogens (tertiary/aromatic N) is 1. The van der Waals surface area contributed by atoms with Gasteiger partial charge in [-0.3, -0.25) is 4.90 Å². The Hall–Kier alpha value is -0.320. The minimum absolute atomic E-state index is 0.343. The molecule has 2 N–H and O–H groups in total. The van der Waals surface area contributed by atoms with E-state index in [2.05, 4.69) is 27.9 Å². The van der Waals surface area contributed by atoms with Gasteiger partial charge >= 0.3 is 0 Å². The van der Waals surface area contributed by atoms with Crippen LogP contribution in [0.3, 0.4) is 0 Å². The second-order valence-electron chi connectivity index (χ2n) is 4.21. The second-order valence-corrected chi connectivity index (χ2v) is 4.99. The summed E-state index contributed by atoms with van der Waals surface area (Å²) in [6, 6.07) is 4.33. The van der Waals surface area contributed by atoms with E-state index in [4.69, 9.17) is 10.2 Å². The van der Waals surface area contributed by atoms with E-state index in [-0.39, 0.29) is 0 Å². The Kier molecular flexibility index (Phi) is 3.49. The van der Waals surface area contributed by atoms with Crippen LogP contribution >= 0.6 is 15.9 Å². The summed E-state index contributed by atoms with van der Waals surface area (Å²) in [6.45, 7) is 1.85. The fraction of sp³-hybridized carbons (Fsp3) is 0.636.